The van der Waals surface area contributed by atoms with Crippen molar-refractivity contribution in [2.45, 2.75) is 114 Å². The zero-order valence-corrected chi connectivity index (χ0v) is 38.1. The number of aromatic nitrogens is 10. The Morgan fingerprint density at radius 2 is 1.00 bits per heavy atom. The van der Waals surface area contributed by atoms with E-state index in [1.165, 1.54) is 0 Å². The van der Waals surface area contributed by atoms with E-state index < -0.39 is 0 Å². The number of amides is 2. The molecule has 0 aromatic carbocycles. The van der Waals surface area contributed by atoms with Crippen LogP contribution in [0.25, 0.3) is 22.3 Å². The number of anilines is 2. The molecule has 2 amide bonds. The highest BCUT2D eigenvalue weighted by Crippen LogP contribution is 2.49. The maximum absolute atomic E-state index is 13.0. The van der Waals surface area contributed by atoms with E-state index in [9.17, 15) is 9.59 Å². The van der Waals surface area contributed by atoms with E-state index in [0.717, 1.165) is 151 Å². The van der Waals surface area contributed by atoms with Crippen LogP contribution in [0.15, 0.2) is 49.1 Å². The Hall–Kier alpha value is -5.22. The number of pyridine rings is 2. The van der Waals surface area contributed by atoms with Gasteiger partial charge >= 0.3 is 0 Å². The van der Waals surface area contributed by atoms with E-state index in [-0.39, 0.29) is 22.9 Å². The van der Waals surface area contributed by atoms with E-state index in [1.54, 1.807) is 12.4 Å². The number of piperidine rings is 2. The predicted molar refractivity (Wildman–Crippen MR) is 246 cm³/mol. The number of halogens is 2. The summed E-state index contributed by atoms with van der Waals surface area (Å²) in [6, 6.07) is 8.91. The molecule has 6 aromatic heterocycles. The van der Waals surface area contributed by atoms with Gasteiger partial charge in [0.25, 0.3) is 0 Å². The molecule has 6 aliphatic rings. The summed E-state index contributed by atoms with van der Waals surface area (Å²) in [7, 11) is 0. The average Bonchev–Trinajstić information content (AvgIpc) is 3.77. The van der Waals surface area contributed by atoms with Crippen LogP contribution in [0, 0.1) is 11.8 Å². The summed E-state index contributed by atoms with van der Waals surface area (Å²) >= 11 is 12.2. The van der Waals surface area contributed by atoms with Crippen molar-refractivity contribution in [3.05, 3.63) is 70.7 Å². The van der Waals surface area contributed by atoms with Gasteiger partial charge in [0.1, 0.15) is 34.4 Å². The number of nitrogens with one attached hydrogen (secondary N) is 2. The first-order valence-corrected chi connectivity index (χ1v) is 24.1. The number of hydrogen-bond acceptors (Lipinski definition) is 10. The molecule has 12 rings (SSSR count). The molecular formula is C46H56Cl2N14O2. The number of carbonyl (C=O) groups excluding carboxylic acids is 2. The second-order valence-corrected chi connectivity index (χ2v) is 20.0. The third kappa shape index (κ3) is 7.57. The number of aromatic amines is 2. The lowest BCUT2D eigenvalue weighted by Gasteiger charge is -2.39. The standard InChI is InChI=1S/2C23H28ClN7O/c2*1-15-4-5-16(21(32)29-10-2-3-11-29)13-30(15)19-7-6-18-20(27-19)28-22(26-18)23(8-9-23)31-14-17(24)12-25-31/h2*6-7,12,14-16H,2-5,8-11,13H2,1H3,(H,26,27,28)/t2*15-,16+/m10/s1. The minimum Gasteiger partial charge on any atom is -0.353 e. The molecule has 2 aliphatic carbocycles. The maximum Gasteiger partial charge on any atom is 0.227 e. The fourth-order valence-electron chi connectivity index (χ4n) is 10.6. The van der Waals surface area contributed by atoms with Crippen LogP contribution < -0.4 is 9.80 Å². The van der Waals surface area contributed by atoms with Crippen molar-refractivity contribution < 1.29 is 9.59 Å². The van der Waals surface area contributed by atoms with Gasteiger partial charge < -0.3 is 29.6 Å². The molecule has 6 fully saturated rings. The van der Waals surface area contributed by atoms with Crippen LogP contribution in [0.4, 0.5) is 11.6 Å². The molecule has 0 unspecified atom stereocenters. The van der Waals surface area contributed by atoms with Gasteiger partial charge in [-0.15, -0.1) is 0 Å². The lowest BCUT2D eigenvalue weighted by molar-refractivity contribution is -0.135. The lowest BCUT2D eigenvalue weighted by Crippen LogP contribution is -2.48. The van der Waals surface area contributed by atoms with Crippen LogP contribution in [0.3, 0.4) is 0 Å². The molecule has 16 nitrogen and oxygen atoms in total. The van der Waals surface area contributed by atoms with Crippen molar-refractivity contribution in [3.8, 4) is 0 Å². The van der Waals surface area contributed by atoms with Gasteiger partial charge in [-0.05, 0) is 115 Å². The second kappa shape index (κ2) is 16.3. The number of nitrogens with zero attached hydrogens (tertiary/aromatic N) is 12. The molecule has 4 atom stereocenters. The monoisotopic (exact) mass is 906 g/mol. The highest BCUT2D eigenvalue weighted by atomic mass is 35.5. The minimum absolute atomic E-state index is 0.0517. The molecule has 4 aliphatic heterocycles. The Labute approximate surface area is 382 Å². The number of imidazole rings is 2. The van der Waals surface area contributed by atoms with Crippen LogP contribution in [-0.2, 0) is 20.7 Å². The second-order valence-electron chi connectivity index (χ2n) is 19.1. The number of carbonyl (C=O) groups is 2. The Morgan fingerprint density at radius 1 is 0.594 bits per heavy atom. The Bertz CT molecular complexity index is 2500. The van der Waals surface area contributed by atoms with Crippen molar-refractivity contribution in [1.82, 2.24) is 59.3 Å². The van der Waals surface area contributed by atoms with Crippen molar-refractivity contribution in [1.29, 1.82) is 0 Å². The Balaban J connectivity index is 0.000000143. The summed E-state index contributed by atoms with van der Waals surface area (Å²) in [5.41, 5.74) is 2.76. The first kappa shape index (κ1) is 41.5. The molecule has 336 valence electrons. The third-order valence-corrected chi connectivity index (χ3v) is 15.2. The number of likely N-dealkylation sites (tertiary alicyclic amines) is 2. The normalized spacial score (nSPS) is 24.9. The molecule has 6 aromatic rings. The molecule has 4 saturated heterocycles. The van der Waals surface area contributed by atoms with Crippen molar-refractivity contribution >= 4 is 69.0 Å². The molecule has 0 radical (unpaired) electrons. The fraction of sp³-hybridized carbons (Fsp3) is 0.565. The summed E-state index contributed by atoms with van der Waals surface area (Å²) in [4.78, 5) is 61.1. The molecule has 18 heteroatoms. The number of hydrogen-bond donors (Lipinski definition) is 2. The maximum atomic E-state index is 13.0. The number of H-pyrrole nitrogens is 2. The van der Waals surface area contributed by atoms with Crippen molar-refractivity contribution in [2.75, 3.05) is 49.1 Å². The average molecular weight is 908 g/mol. The molecule has 64 heavy (non-hydrogen) atoms. The van der Waals surface area contributed by atoms with Gasteiger partial charge in [0.15, 0.2) is 11.3 Å². The lowest BCUT2D eigenvalue weighted by atomic mass is 9.92. The fourth-order valence-corrected chi connectivity index (χ4v) is 10.9. The van der Waals surface area contributed by atoms with Gasteiger partial charge in [0, 0.05) is 63.7 Å². The summed E-state index contributed by atoms with van der Waals surface area (Å²) in [5, 5.41) is 10.1. The van der Waals surface area contributed by atoms with Gasteiger partial charge in [-0.3, -0.25) is 19.0 Å². The van der Waals surface area contributed by atoms with Crippen LogP contribution in [0.2, 0.25) is 10.0 Å². The van der Waals surface area contributed by atoms with E-state index in [4.69, 9.17) is 43.1 Å². The quantitative estimate of drug-likeness (QED) is 0.160. The molecule has 0 spiro atoms. The zero-order chi connectivity index (χ0) is 43.7. The van der Waals surface area contributed by atoms with Crippen molar-refractivity contribution in [2.24, 2.45) is 11.8 Å². The number of rotatable bonds is 8. The molecular weight excluding hydrogens is 852 g/mol. The molecule has 0 bridgehead atoms. The SMILES string of the molecule is C[C@@H]1CC[C@H](C(=O)N2CCCC2)CN1c1ccc2[nH]c(C3(n4cc(Cl)cn4)CC3)nc2n1.C[C@H]1CC[C@@H](C(=O)N2CCCC2)CN1c1ccc2[nH]c(C3(n4cc(Cl)cn4)CC3)nc2n1. The van der Waals surface area contributed by atoms with E-state index >= 15 is 0 Å². The van der Waals surface area contributed by atoms with Gasteiger partial charge in [0.05, 0.1) is 45.3 Å². The first-order chi connectivity index (χ1) is 31.1. The largest absolute Gasteiger partial charge is 0.353 e. The Morgan fingerprint density at radius 3 is 1.36 bits per heavy atom. The van der Waals surface area contributed by atoms with Crippen molar-refractivity contribution in [3.63, 3.8) is 0 Å². The van der Waals surface area contributed by atoms with Gasteiger partial charge in [-0.2, -0.15) is 10.2 Å². The smallest absolute Gasteiger partial charge is 0.227 e. The van der Waals surface area contributed by atoms with Crippen LogP contribution in [-0.4, -0.2) is 122 Å². The van der Waals surface area contributed by atoms with E-state index in [1.807, 2.05) is 43.7 Å². The highest BCUT2D eigenvalue weighted by molar-refractivity contribution is 6.30. The third-order valence-electron chi connectivity index (χ3n) is 14.9. The van der Waals surface area contributed by atoms with Crippen LogP contribution >= 0.6 is 23.2 Å². The summed E-state index contributed by atoms with van der Waals surface area (Å²) in [6.45, 7) is 9.54. The van der Waals surface area contributed by atoms with E-state index in [2.05, 4.69) is 55.9 Å². The molecule has 10 heterocycles. The first-order valence-electron chi connectivity index (χ1n) is 23.3. The number of fused-ring (bicyclic) bond motifs is 2. The topological polar surface area (TPSA) is 166 Å². The Kier molecular flexibility index (Phi) is 10.6. The summed E-state index contributed by atoms with van der Waals surface area (Å²) in [5.74, 6) is 4.29. The minimum atomic E-state index is -0.250. The highest BCUT2D eigenvalue weighted by Gasteiger charge is 2.51. The predicted octanol–water partition coefficient (Wildman–Crippen LogP) is 7.15. The zero-order valence-electron chi connectivity index (χ0n) is 36.6. The summed E-state index contributed by atoms with van der Waals surface area (Å²) in [6.07, 6.45) is 19.4. The van der Waals surface area contributed by atoms with E-state index in [0.29, 0.717) is 45.2 Å². The summed E-state index contributed by atoms with van der Waals surface area (Å²) < 4.78 is 3.82. The van der Waals surface area contributed by atoms with Gasteiger partial charge in [-0.25, -0.2) is 19.9 Å². The van der Waals surface area contributed by atoms with Crippen LogP contribution in [0.5, 0.6) is 0 Å². The van der Waals surface area contributed by atoms with Crippen LogP contribution in [0.1, 0.15) is 103 Å². The van der Waals surface area contributed by atoms with Gasteiger partial charge in [0.2, 0.25) is 11.8 Å². The molecule has 2 N–H and O–H groups in total. The molecule has 2 saturated carbocycles. The van der Waals surface area contributed by atoms with Gasteiger partial charge in [-0.1, -0.05) is 23.2 Å².